The second-order valence-electron chi connectivity index (χ2n) is 8.88. The van der Waals surface area contributed by atoms with E-state index in [1.807, 2.05) is 62.4 Å². The molecule has 174 valence electrons. The Bertz CT molecular complexity index is 1420. The molecule has 0 saturated carbocycles. The fourth-order valence-electron chi connectivity index (χ4n) is 4.52. The molecule has 3 aromatic carbocycles. The van der Waals surface area contributed by atoms with Crippen LogP contribution in [0, 0.1) is 13.8 Å². The van der Waals surface area contributed by atoms with E-state index in [1.54, 1.807) is 6.07 Å². The predicted molar refractivity (Wildman–Crippen MR) is 140 cm³/mol. The Morgan fingerprint density at radius 2 is 1.79 bits per heavy atom. The Morgan fingerprint density at radius 1 is 1.06 bits per heavy atom. The van der Waals surface area contributed by atoms with Gasteiger partial charge in [0.05, 0.1) is 10.9 Å². The first kappa shape index (κ1) is 24.0. The van der Waals surface area contributed by atoms with Gasteiger partial charge in [0.25, 0.3) is 0 Å². The summed E-state index contributed by atoms with van der Waals surface area (Å²) in [6, 6.07) is 19.1. The zero-order valence-corrected chi connectivity index (χ0v) is 21.1. The van der Waals surface area contributed by atoms with Crippen LogP contribution >= 0.6 is 15.9 Å². The van der Waals surface area contributed by atoms with Crippen LogP contribution in [0.4, 0.5) is 0 Å². The standard InChI is InChI=1S/C29H27BrO4/c1-17-14-23(18(2)8-7-11-20-12-13-22(30)16-24(20)29(32)33)28-25(15-17)26(31)19(3)27(34-28)21-9-5-4-6-10-21/h4-6,9-10,12-16,18H,7-8,11H2,1-3H3,(H,32,33). The molecule has 0 aliphatic carbocycles. The van der Waals surface area contributed by atoms with Gasteiger partial charge in [-0.3, -0.25) is 4.79 Å². The van der Waals surface area contributed by atoms with Gasteiger partial charge < -0.3 is 9.52 Å². The highest BCUT2D eigenvalue weighted by molar-refractivity contribution is 9.10. The summed E-state index contributed by atoms with van der Waals surface area (Å²) in [7, 11) is 0. The van der Waals surface area contributed by atoms with E-state index in [2.05, 4.69) is 28.9 Å². The number of carbonyl (C=O) groups is 1. The van der Waals surface area contributed by atoms with Crippen LogP contribution in [-0.4, -0.2) is 11.1 Å². The zero-order chi connectivity index (χ0) is 24.4. The lowest BCUT2D eigenvalue weighted by molar-refractivity contribution is 0.0695. The molecule has 0 radical (unpaired) electrons. The summed E-state index contributed by atoms with van der Waals surface area (Å²) < 4.78 is 7.17. The summed E-state index contributed by atoms with van der Waals surface area (Å²) in [6.45, 7) is 5.95. The Labute approximate surface area is 207 Å². The average molecular weight is 519 g/mol. The minimum Gasteiger partial charge on any atom is -0.478 e. The Balaban J connectivity index is 1.67. The number of halogens is 1. The highest BCUT2D eigenvalue weighted by atomic mass is 79.9. The lowest BCUT2D eigenvalue weighted by atomic mass is 9.90. The van der Waals surface area contributed by atoms with Crippen LogP contribution in [0.25, 0.3) is 22.3 Å². The number of carboxylic acids is 1. The lowest BCUT2D eigenvalue weighted by Gasteiger charge is -2.17. The maximum absolute atomic E-state index is 13.3. The highest BCUT2D eigenvalue weighted by Crippen LogP contribution is 2.33. The fourth-order valence-corrected chi connectivity index (χ4v) is 4.88. The Hall–Kier alpha value is -3.18. The SMILES string of the molecule is Cc1cc(C(C)CCCc2ccc(Br)cc2C(=O)O)c2oc(-c3ccccc3)c(C)c(=O)c2c1. The van der Waals surface area contributed by atoms with Crippen LogP contribution in [0.2, 0.25) is 0 Å². The van der Waals surface area contributed by atoms with E-state index in [4.69, 9.17) is 4.42 Å². The quantitative estimate of drug-likeness (QED) is 0.272. The number of rotatable bonds is 7. The maximum atomic E-state index is 13.3. The van der Waals surface area contributed by atoms with Gasteiger partial charge in [0.15, 0.2) is 5.43 Å². The van der Waals surface area contributed by atoms with E-state index in [9.17, 15) is 14.7 Å². The normalized spacial score (nSPS) is 12.1. The van der Waals surface area contributed by atoms with Crippen molar-refractivity contribution in [1.82, 2.24) is 0 Å². The van der Waals surface area contributed by atoms with Crippen molar-refractivity contribution < 1.29 is 14.3 Å². The first-order chi connectivity index (χ1) is 16.3. The van der Waals surface area contributed by atoms with Crippen LogP contribution in [0.1, 0.15) is 58.3 Å². The molecule has 1 aromatic heterocycles. The molecule has 0 saturated heterocycles. The minimum absolute atomic E-state index is 0.00165. The van der Waals surface area contributed by atoms with Crippen molar-refractivity contribution in [2.75, 3.05) is 0 Å². The summed E-state index contributed by atoms with van der Waals surface area (Å²) in [5.41, 5.74) is 5.32. The van der Waals surface area contributed by atoms with Crippen LogP contribution in [0.3, 0.4) is 0 Å². The van der Waals surface area contributed by atoms with Gasteiger partial charge in [-0.2, -0.15) is 0 Å². The number of hydrogen-bond donors (Lipinski definition) is 1. The summed E-state index contributed by atoms with van der Waals surface area (Å²) >= 11 is 3.35. The second kappa shape index (κ2) is 9.98. The minimum atomic E-state index is -0.917. The number of aryl methyl sites for hydroxylation is 2. The molecule has 34 heavy (non-hydrogen) atoms. The summed E-state index contributed by atoms with van der Waals surface area (Å²) in [5, 5.41) is 10.1. The molecule has 1 heterocycles. The largest absolute Gasteiger partial charge is 0.478 e. The van der Waals surface area contributed by atoms with E-state index in [0.29, 0.717) is 34.3 Å². The van der Waals surface area contributed by atoms with Gasteiger partial charge in [-0.25, -0.2) is 4.79 Å². The lowest BCUT2D eigenvalue weighted by Crippen LogP contribution is -2.10. The highest BCUT2D eigenvalue weighted by Gasteiger charge is 2.19. The van der Waals surface area contributed by atoms with Crippen LogP contribution in [0.15, 0.2) is 74.3 Å². The molecular formula is C29H27BrO4. The predicted octanol–water partition coefficient (Wildman–Crippen LogP) is 7.66. The van der Waals surface area contributed by atoms with Gasteiger partial charge in [-0.05, 0) is 73.9 Å². The maximum Gasteiger partial charge on any atom is 0.336 e. The number of hydrogen-bond acceptors (Lipinski definition) is 3. The van der Waals surface area contributed by atoms with E-state index in [0.717, 1.165) is 39.6 Å². The van der Waals surface area contributed by atoms with E-state index in [1.165, 1.54) is 0 Å². The van der Waals surface area contributed by atoms with Crippen molar-refractivity contribution in [3.8, 4) is 11.3 Å². The van der Waals surface area contributed by atoms with E-state index < -0.39 is 5.97 Å². The molecule has 0 aliphatic heterocycles. The Morgan fingerprint density at radius 3 is 2.50 bits per heavy atom. The number of aromatic carboxylic acids is 1. The third kappa shape index (κ3) is 4.85. The fraction of sp³-hybridized carbons (Fsp3) is 0.241. The molecule has 4 aromatic rings. The molecule has 0 aliphatic rings. The summed E-state index contributed by atoms with van der Waals surface area (Å²) in [5.74, 6) is -0.170. The molecule has 1 unspecified atom stereocenters. The van der Waals surface area contributed by atoms with Crippen molar-refractivity contribution in [2.45, 2.75) is 46.0 Å². The van der Waals surface area contributed by atoms with Gasteiger partial charge in [0.1, 0.15) is 11.3 Å². The van der Waals surface area contributed by atoms with Crippen molar-refractivity contribution in [2.24, 2.45) is 0 Å². The van der Waals surface area contributed by atoms with Gasteiger partial charge in [0.2, 0.25) is 0 Å². The van der Waals surface area contributed by atoms with Gasteiger partial charge >= 0.3 is 5.97 Å². The number of benzene rings is 3. The second-order valence-corrected chi connectivity index (χ2v) is 9.80. The third-order valence-corrected chi connectivity index (χ3v) is 6.84. The van der Waals surface area contributed by atoms with Gasteiger partial charge in [-0.15, -0.1) is 0 Å². The van der Waals surface area contributed by atoms with Crippen molar-refractivity contribution >= 4 is 32.9 Å². The van der Waals surface area contributed by atoms with Gasteiger partial charge in [-0.1, -0.05) is 65.3 Å². The smallest absolute Gasteiger partial charge is 0.336 e. The molecular weight excluding hydrogens is 492 g/mol. The molecule has 0 spiro atoms. The summed E-state index contributed by atoms with van der Waals surface area (Å²) in [4.78, 5) is 24.9. The first-order valence-corrected chi connectivity index (χ1v) is 12.2. The third-order valence-electron chi connectivity index (χ3n) is 6.34. The van der Waals surface area contributed by atoms with Gasteiger partial charge in [0, 0.05) is 15.6 Å². The van der Waals surface area contributed by atoms with Crippen molar-refractivity contribution in [3.05, 3.63) is 103 Å². The van der Waals surface area contributed by atoms with E-state index in [-0.39, 0.29) is 11.3 Å². The molecule has 1 atom stereocenters. The molecule has 1 N–H and O–H groups in total. The van der Waals surface area contributed by atoms with Crippen LogP contribution in [-0.2, 0) is 6.42 Å². The topological polar surface area (TPSA) is 67.5 Å². The van der Waals surface area contributed by atoms with E-state index >= 15 is 0 Å². The van der Waals surface area contributed by atoms with Crippen molar-refractivity contribution in [3.63, 3.8) is 0 Å². The molecule has 0 amide bonds. The van der Waals surface area contributed by atoms with Crippen LogP contribution < -0.4 is 5.43 Å². The zero-order valence-electron chi connectivity index (χ0n) is 19.5. The summed E-state index contributed by atoms with van der Waals surface area (Å²) in [6.07, 6.45) is 2.33. The average Bonchev–Trinajstić information content (AvgIpc) is 2.82. The Kier molecular flexibility index (Phi) is 7.03. The number of carboxylic acid groups (broad SMARTS) is 1. The molecule has 0 fully saturated rings. The monoisotopic (exact) mass is 518 g/mol. The molecule has 4 rings (SSSR count). The molecule has 4 nitrogen and oxygen atoms in total. The van der Waals surface area contributed by atoms with Crippen molar-refractivity contribution in [1.29, 1.82) is 0 Å². The molecule has 5 heteroatoms. The number of fused-ring (bicyclic) bond motifs is 1. The molecule has 0 bridgehead atoms. The first-order valence-electron chi connectivity index (χ1n) is 11.4. The van der Waals surface area contributed by atoms with Crippen LogP contribution in [0.5, 0.6) is 0 Å².